The molecule has 1 aliphatic carbocycles. The first kappa shape index (κ1) is 22.8. The Morgan fingerprint density at radius 1 is 0.941 bits per heavy atom. The number of benzene rings is 3. The lowest BCUT2D eigenvalue weighted by atomic mass is 9.80. The molecule has 2 aliphatic rings. The molecule has 1 heterocycles. The summed E-state index contributed by atoms with van der Waals surface area (Å²) in [5.74, 6) is 0.394. The van der Waals surface area contributed by atoms with Crippen molar-refractivity contribution in [2.75, 3.05) is 7.11 Å². The van der Waals surface area contributed by atoms with Gasteiger partial charge in [-0.1, -0.05) is 30.3 Å². The van der Waals surface area contributed by atoms with Crippen LogP contribution in [0.25, 0.3) is 10.8 Å². The fraction of sp³-hybridized carbons (Fsp3) is 0.346. The largest absolute Gasteiger partial charge is 0.496 e. The number of ketones is 1. The van der Waals surface area contributed by atoms with E-state index in [1.807, 2.05) is 13.0 Å². The molecule has 0 aromatic heterocycles. The van der Waals surface area contributed by atoms with Crippen LogP contribution in [0.3, 0.4) is 0 Å². The highest BCUT2D eigenvalue weighted by atomic mass is 16.7. The highest BCUT2D eigenvalue weighted by Crippen LogP contribution is 2.45. The topological polar surface area (TPSA) is 126 Å². The summed E-state index contributed by atoms with van der Waals surface area (Å²) in [7, 11) is 1.49. The van der Waals surface area contributed by atoms with E-state index in [0.717, 1.165) is 5.56 Å². The van der Waals surface area contributed by atoms with Crippen molar-refractivity contribution in [2.45, 2.75) is 50.7 Å². The van der Waals surface area contributed by atoms with Crippen LogP contribution in [0.1, 0.15) is 45.6 Å². The SMILES string of the molecule is COc1cccc2c1C(O)c1ccc3cc(C)cc(O[C@@H]4O[C@@H](C)[C@H](O)[C@@H](O)[C@H]4O)c3c1C2=O. The van der Waals surface area contributed by atoms with E-state index in [1.54, 1.807) is 43.3 Å². The van der Waals surface area contributed by atoms with Gasteiger partial charge in [0.25, 0.3) is 0 Å². The number of hydrogen-bond donors (Lipinski definition) is 4. The molecule has 6 atom stereocenters. The number of aryl methyl sites for hydroxylation is 1. The first-order chi connectivity index (χ1) is 16.2. The second kappa shape index (κ2) is 8.33. The number of aliphatic hydroxyl groups excluding tert-OH is 4. The van der Waals surface area contributed by atoms with Crippen LogP contribution in [-0.2, 0) is 4.74 Å². The molecule has 0 radical (unpaired) electrons. The summed E-state index contributed by atoms with van der Waals surface area (Å²) in [5.41, 5.74) is 2.29. The van der Waals surface area contributed by atoms with E-state index in [1.165, 1.54) is 7.11 Å². The summed E-state index contributed by atoms with van der Waals surface area (Å²) >= 11 is 0. The van der Waals surface area contributed by atoms with Crippen molar-refractivity contribution in [1.82, 2.24) is 0 Å². The van der Waals surface area contributed by atoms with Gasteiger partial charge in [0.1, 0.15) is 35.9 Å². The highest BCUT2D eigenvalue weighted by molar-refractivity contribution is 6.21. The van der Waals surface area contributed by atoms with Crippen molar-refractivity contribution in [1.29, 1.82) is 0 Å². The zero-order chi connectivity index (χ0) is 24.3. The van der Waals surface area contributed by atoms with E-state index in [9.17, 15) is 25.2 Å². The third-order valence-corrected chi connectivity index (χ3v) is 6.64. The number of rotatable bonds is 3. The molecule has 5 rings (SSSR count). The minimum atomic E-state index is -1.51. The summed E-state index contributed by atoms with van der Waals surface area (Å²) < 4.78 is 17.0. The Morgan fingerprint density at radius 2 is 1.71 bits per heavy atom. The molecular weight excluding hydrogens is 440 g/mol. The summed E-state index contributed by atoms with van der Waals surface area (Å²) in [5, 5.41) is 43.1. The van der Waals surface area contributed by atoms with Gasteiger partial charge >= 0.3 is 0 Å². The lowest BCUT2D eigenvalue weighted by Gasteiger charge is -2.39. The molecule has 34 heavy (non-hydrogen) atoms. The lowest BCUT2D eigenvalue weighted by Crippen LogP contribution is -2.58. The molecule has 0 saturated carbocycles. The third kappa shape index (κ3) is 3.38. The van der Waals surface area contributed by atoms with Crippen molar-refractivity contribution in [2.24, 2.45) is 0 Å². The Balaban J connectivity index is 1.68. The van der Waals surface area contributed by atoms with Crippen LogP contribution in [0, 0.1) is 6.92 Å². The smallest absolute Gasteiger partial charge is 0.229 e. The number of fused-ring (bicyclic) bond motifs is 4. The molecule has 0 amide bonds. The summed E-state index contributed by atoms with van der Waals surface area (Å²) in [6, 6.07) is 12.1. The zero-order valence-corrected chi connectivity index (χ0v) is 18.9. The number of hydrogen-bond acceptors (Lipinski definition) is 8. The van der Waals surface area contributed by atoms with Crippen molar-refractivity contribution in [3.05, 3.63) is 70.3 Å². The second-order valence-electron chi connectivity index (χ2n) is 8.84. The first-order valence-electron chi connectivity index (χ1n) is 11.1. The molecule has 178 valence electrons. The average molecular weight is 466 g/mol. The Hall–Kier alpha value is -3.01. The number of ether oxygens (including phenoxy) is 3. The van der Waals surface area contributed by atoms with Gasteiger partial charge in [-0.2, -0.15) is 0 Å². The van der Waals surface area contributed by atoms with Gasteiger partial charge in [0, 0.05) is 22.1 Å². The fourth-order valence-electron chi connectivity index (χ4n) is 4.88. The van der Waals surface area contributed by atoms with E-state index in [0.29, 0.717) is 38.8 Å². The van der Waals surface area contributed by atoms with Gasteiger partial charge in [0.05, 0.1) is 13.2 Å². The van der Waals surface area contributed by atoms with Crippen LogP contribution >= 0.6 is 0 Å². The molecular formula is C26H26O8. The minimum Gasteiger partial charge on any atom is -0.496 e. The third-order valence-electron chi connectivity index (χ3n) is 6.64. The monoisotopic (exact) mass is 466 g/mol. The Morgan fingerprint density at radius 3 is 2.44 bits per heavy atom. The van der Waals surface area contributed by atoms with Crippen LogP contribution in [0.2, 0.25) is 0 Å². The van der Waals surface area contributed by atoms with E-state index in [-0.39, 0.29) is 11.5 Å². The molecule has 0 bridgehead atoms. The average Bonchev–Trinajstić information content (AvgIpc) is 2.83. The van der Waals surface area contributed by atoms with Gasteiger partial charge in [0.15, 0.2) is 5.78 Å². The van der Waals surface area contributed by atoms with Crippen molar-refractivity contribution < 1.29 is 39.4 Å². The standard InChI is InChI=1S/C26H26O8/c1-11-9-13-7-8-15-20(23(29)14-5-4-6-16(32-3)19(14)22(15)28)18(13)17(10-11)34-26-25(31)24(30)21(27)12(2)33-26/h4-10,12,21-22,24-28,30-31H,1-3H3/t12-,21-,22?,24+,25+,26-/m0/s1. The number of methoxy groups -OCH3 is 1. The molecule has 3 aromatic rings. The molecule has 1 saturated heterocycles. The molecule has 1 aliphatic heterocycles. The van der Waals surface area contributed by atoms with Gasteiger partial charge in [-0.15, -0.1) is 0 Å². The predicted octanol–water partition coefficient (Wildman–Crippen LogP) is 1.99. The highest BCUT2D eigenvalue weighted by Gasteiger charge is 2.43. The van der Waals surface area contributed by atoms with E-state index in [2.05, 4.69) is 0 Å². The van der Waals surface area contributed by atoms with Gasteiger partial charge in [-0.25, -0.2) is 0 Å². The molecule has 4 N–H and O–H groups in total. The van der Waals surface area contributed by atoms with Gasteiger partial charge in [-0.05, 0) is 42.5 Å². The summed E-state index contributed by atoms with van der Waals surface area (Å²) in [4.78, 5) is 13.7. The van der Waals surface area contributed by atoms with Gasteiger partial charge < -0.3 is 34.6 Å². The van der Waals surface area contributed by atoms with E-state index >= 15 is 0 Å². The van der Waals surface area contributed by atoms with Crippen LogP contribution in [0.4, 0.5) is 0 Å². The maximum atomic E-state index is 13.7. The fourth-order valence-corrected chi connectivity index (χ4v) is 4.88. The quantitative estimate of drug-likeness (QED) is 0.462. The van der Waals surface area contributed by atoms with Crippen LogP contribution < -0.4 is 9.47 Å². The summed E-state index contributed by atoms with van der Waals surface area (Å²) in [6.45, 7) is 3.43. The van der Waals surface area contributed by atoms with Crippen LogP contribution in [-0.4, -0.2) is 64.0 Å². The van der Waals surface area contributed by atoms with Crippen molar-refractivity contribution in [3.63, 3.8) is 0 Å². The van der Waals surface area contributed by atoms with Gasteiger partial charge in [0.2, 0.25) is 6.29 Å². The lowest BCUT2D eigenvalue weighted by molar-refractivity contribution is -0.267. The second-order valence-corrected chi connectivity index (χ2v) is 8.84. The molecule has 0 spiro atoms. The Kier molecular flexibility index (Phi) is 5.58. The summed E-state index contributed by atoms with van der Waals surface area (Å²) in [6.07, 6.45) is -7.37. The molecule has 8 heteroatoms. The number of aliphatic hydroxyl groups is 4. The Labute approximate surface area is 195 Å². The normalized spacial score (nSPS) is 28.4. The van der Waals surface area contributed by atoms with Crippen LogP contribution in [0.5, 0.6) is 11.5 Å². The molecule has 1 unspecified atom stereocenters. The van der Waals surface area contributed by atoms with E-state index < -0.39 is 36.8 Å². The van der Waals surface area contributed by atoms with Crippen LogP contribution in [0.15, 0.2) is 42.5 Å². The van der Waals surface area contributed by atoms with E-state index in [4.69, 9.17) is 14.2 Å². The Bertz CT molecular complexity index is 1290. The van der Waals surface area contributed by atoms with Crippen molar-refractivity contribution in [3.8, 4) is 11.5 Å². The number of carbonyl (C=O) groups excluding carboxylic acids is 1. The molecule has 3 aromatic carbocycles. The molecule has 1 fully saturated rings. The van der Waals surface area contributed by atoms with Gasteiger partial charge in [-0.3, -0.25) is 4.79 Å². The predicted molar refractivity (Wildman–Crippen MR) is 122 cm³/mol. The minimum absolute atomic E-state index is 0.263. The maximum absolute atomic E-state index is 13.7. The first-order valence-corrected chi connectivity index (χ1v) is 11.1. The molecule has 8 nitrogen and oxygen atoms in total. The van der Waals surface area contributed by atoms with Crippen molar-refractivity contribution >= 4 is 16.6 Å². The number of carbonyl (C=O) groups is 1. The maximum Gasteiger partial charge on any atom is 0.229 e. The zero-order valence-electron chi connectivity index (χ0n) is 18.9.